The molecule has 0 atom stereocenters. The summed E-state index contributed by atoms with van der Waals surface area (Å²) in [6.45, 7) is 2.07. The lowest BCUT2D eigenvalue weighted by Crippen LogP contribution is -2.25. The summed E-state index contributed by atoms with van der Waals surface area (Å²) in [5, 5.41) is 5.89. The van der Waals surface area contributed by atoms with Gasteiger partial charge in [0.2, 0.25) is 0 Å². The molecule has 0 aromatic carbocycles. The summed E-state index contributed by atoms with van der Waals surface area (Å²) >= 11 is 5.94. The Hall–Kier alpha value is -2.48. The average molecular weight is 384 g/mol. The van der Waals surface area contributed by atoms with Crippen LogP contribution in [0.2, 0.25) is 5.02 Å². The van der Waals surface area contributed by atoms with Gasteiger partial charge in [-0.25, -0.2) is 9.97 Å². The van der Waals surface area contributed by atoms with Crippen LogP contribution in [0.15, 0.2) is 30.6 Å². The van der Waals surface area contributed by atoms with E-state index >= 15 is 0 Å². The Labute approximate surface area is 153 Å². The largest absolute Gasteiger partial charge is 0.405 e. The molecule has 2 aromatic heterocycles. The minimum atomic E-state index is -4.33. The molecular weight excluding hydrogens is 367 g/mol. The van der Waals surface area contributed by atoms with Crippen LogP contribution in [0.1, 0.15) is 18.1 Å². The number of pyridine rings is 2. The van der Waals surface area contributed by atoms with Crippen molar-refractivity contribution in [3.8, 4) is 0 Å². The molecular formula is C17H17ClF3N5. The van der Waals surface area contributed by atoms with Gasteiger partial charge in [-0.3, -0.25) is 0 Å². The van der Waals surface area contributed by atoms with Crippen molar-refractivity contribution in [2.24, 2.45) is 0 Å². The fourth-order valence-electron chi connectivity index (χ4n) is 2.56. The maximum atomic E-state index is 12.7. The number of aromatic nitrogens is 2. The number of fused-ring (bicyclic) bond motifs is 1. The molecule has 0 aliphatic carbocycles. The minimum absolute atomic E-state index is 0.201. The number of rotatable bonds is 5. The molecule has 3 heterocycles. The second-order valence-electron chi connectivity index (χ2n) is 5.76. The van der Waals surface area contributed by atoms with Crippen LogP contribution in [0.25, 0.3) is 6.08 Å². The number of halogens is 4. The second kappa shape index (κ2) is 7.41. The molecule has 0 amide bonds. The van der Waals surface area contributed by atoms with E-state index in [0.717, 1.165) is 17.7 Å². The highest BCUT2D eigenvalue weighted by molar-refractivity contribution is 6.30. The van der Waals surface area contributed by atoms with Crippen molar-refractivity contribution in [1.29, 1.82) is 0 Å². The first-order valence-electron chi connectivity index (χ1n) is 7.99. The van der Waals surface area contributed by atoms with Gasteiger partial charge in [0.25, 0.3) is 0 Å². The number of hydrogen-bond donors (Lipinski definition) is 2. The molecule has 1 aliphatic heterocycles. The van der Waals surface area contributed by atoms with E-state index in [1.165, 1.54) is 6.20 Å². The van der Waals surface area contributed by atoms with Crippen molar-refractivity contribution in [3.63, 3.8) is 0 Å². The van der Waals surface area contributed by atoms with Crippen LogP contribution in [0.3, 0.4) is 0 Å². The summed E-state index contributed by atoms with van der Waals surface area (Å²) in [5.41, 5.74) is 1.53. The van der Waals surface area contributed by atoms with Crippen molar-refractivity contribution in [2.45, 2.75) is 19.6 Å². The standard InChI is InChI=1S/C17H17ClF3N5/c1-2-26-6-4-11-7-15(24-14-8-12(18)3-5-22-14)25-16(13(11)9-26)23-10-17(19,20)21/h3-8H,2,9-10H2,1H3,(H2,22,23,24,25). The highest BCUT2D eigenvalue weighted by atomic mass is 35.5. The molecule has 9 heteroatoms. The van der Waals surface area contributed by atoms with Crippen LogP contribution >= 0.6 is 11.6 Å². The predicted octanol–water partition coefficient (Wildman–Crippen LogP) is 4.65. The number of nitrogens with zero attached hydrogens (tertiary/aromatic N) is 3. The third-order valence-electron chi connectivity index (χ3n) is 3.83. The van der Waals surface area contributed by atoms with Crippen LogP contribution < -0.4 is 10.6 Å². The van der Waals surface area contributed by atoms with Crippen molar-refractivity contribution >= 4 is 35.1 Å². The quantitative estimate of drug-likeness (QED) is 0.786. The molecule has 2 aromatic rings. The Balaban J connectivity index is 1.93. The average Bonchev–Trinajstić information content (AvgIpc) is 2.58. The molecule has 26 heavy (non-hydrogen) atoms. The zero-order chi connectivity index (χ0) is 18.7. The van der Waals surface area contributed by atoms with Crippen LogP contribution in [-0.4, -0.2) is 34.1 Å². The van der Waals surface area contributed by atoms with Gasteiger partial charge < -0.3 is 15.5 Å². The van der Waals surface area contributed by atoms with Crippen LogP contribution in [0.4, 0.5) is 30.6 Å². The summed E-state index contributed by atoms with van der Waals surface area (Å²) in [6.07, 6.45) is 0.975. The minimum Gasteiger partial charge on any atom is -0.373 e. The van der Waals surface area contributed by atoms with E-state index in [4.69, 9.17) is 11.6 Å². The van der Waals surface area contributed by atoms with Gasteiger partial charge in [0.1, 0.15) is 24.0 Å². The monoisotopic (exact) mass is 383 g/mol. The zero-order valence-corrected chi connectivity index (χ0v) is 14.7. The SMILES string of the molecule is CCN1C=Cc2cc(Nc3cc(Cl)ccn3)nc(NCC(F)(F)F)c2C1. The van der Waals surface area contributed by atoms with Gasteiger partial charge in [0, 0.05) is 29.9 Å². The normalized spacial score (nSPS) is 13.5. The zero-order valence-electron chi connectivity index (χ0n) is 13.9. The third-order valence-corrected chi connectivity index (χ3v) is 4.06. The highest BCUT2D eigenvalue weighted by Gasteiger charge is 2.28. The van der Waals surface area contributed by atoms with E-state index in [0.29, 0.717) is 23.2 Å². The second-order valence-corrected chi connectivity index (χ2v) is 6.19. The number of nitrogens with one attached hydrogen (secondary N) is 2. The molecule has 0 spiro atoms. The molecule has 5 nitrogen and oxygen atoms in total. The van der Waals surface area contributed by atoms with Crippen LogP contribution in [0, 0.1) is 0 Å². The van der Waals surface area contributed by atoms with E-state index in [1.54, 1.807) is 18.2 Å². The molecule has 0 saturated heterocycles. The van der Waals surface area contributed by atoms with Gasteiger partial charge in [-0.05, 0) is 43.0 Å². The molecule has 2 N–H and O–H groups in total. The van der Waals surface area contributed by atoms with E-state index in [-0.39, 0.29) is 5.82 Å². The van der Waals surface area contributed by atoms with Gasteiger partial charge in [-0.2, -0.15) is 13.2 Å². The Morgan fingerprint density at radius 1 is 1.27 bits per heavy atom. The van der Waals surface area contributed by atoms with Crippen molar-refractivity contribution in [1.82, 2.24) is 14.9 Å². The summed E-state index contributed by atoms with van der Waals surface area (Å²) in [6, 6.07) is 5.02. The van der Waals surface area contributed by atoms with Gasteiger partial charge in [-0.1, -0.05) is 11.6 Å². The smallest absolute Gasteiger partial charge is 0.373 e. The fourth-order valence-corrected chi connectivity index (χ4v) is 2.72. The predicted molar refractivity (Wildman–Crippen MR) is 96.4 cm³/mol. The van der Waals surface area contributed by atoms with Crippen molar-refractivity contribution < 1.29 is 13.2 Å². The molecule has 138 valence electrons. The molecule has 3 rings (SSSR count). The Morgan fingerprint density at radius 3 is 2.77 bits per heavy atom. The van der Waals surface area contributed by atoms with Crippen molar-refractivity contribution in [3.05, 3.63) is 46.7 Å². The summed E-state index contributed by atoms with van der Waals surface area (Å²) < 4.78 is 38.0. The summed E-state index contributed by atoms with van der Waals surface area (Å²) in [5.74, 6) is 1.05. The Morgan fingerprint density at radius 2 is 2.08 bits per heavy atom. The first-order chi connectivity index (χ1) is 12.3. The van der Waals surface area contributed by atoms with E-state index in [9.17, 15) is 13.2 Å². The number of anilines is 3. The highest BCUT2D eigenvalue weighted by Crippen LogP contribution is 2.30. The molecule has 0 fully saturated rings. The summed E-state index contributed by atoms with van der Waals surface area (Å²) in [7, 11) is 0. The first-order valence-corrected chi connectivity index (χ1v) is 8.37. The molecule has 0 saturated carbocycles. The maximum Gasteiger partial charge on any atom is 0.405 e. The van der Waals surface area contributed by atoms with Crippen LogP contribution in [-0.2, 0) is 6.54 Å². The van der Waals surface area contributed by atoms with Gasteiger partial charge in [0.15, 0.2) is 0 Å². The topological polar surface area (TPSA) is 53.1 Å². The Bertz CT molecular complexity index is 823. The van der Waals surface area contributed by atoms with Crippen molar-refractivity contribution in [2.75, 3.05) is 23.7 Å². The summed E-state index contributed by atoms with van der Waals surface area (Å²) in [4.78, 5) is 10.4. The van der Waals surface area contributed by atoms with Gasteiger partial charge in [0.05, 0.1) is 0 Å². The lowest BCUT2D eigenvalue weighted by Gasteiger charge is -2.26. The van der Waals surface area contributed by atoms with Crippen LogP contribution in [0.5, 0.6) is 0 Å². The molecule has 0 bridgehead atoms. The maximum absolute atomic E-state index is 12.7. The lowest BCUT2D eigenvalue weighted by molar-refractivity contribution is -0.115. The van der Waals surface area contributed by atoms with Gasteiger partial charge >= 0.3 is 6.18 Å². The third kappa shape index (κ3) is 4.57. The van der Waals surface area contributed by atoms with E-state index in [2.05, 4.69) is 20.6 Å². The van der Waals surface area contributed by atoms with Gasteiger partial charge in [-0.15, -0.1) is 0 Å². The van der Waals surface area contributed by atoms with E-state index < -0.39 is 12.7 Å². The van der Waals surface area contributed by atoms with E-state index in [1.807, 2.05) is 24.1 Å². The molecule has 1 aliphatic rings. The lowest BCUT2D eigenvalue weighted by atomic mass is 10.1. The fraction of sp³-hybridized carbons (Fsp3) is 0.294. The molecule has 0 unspecified atom stereocenters. The number of alkyl halides is 3. The Kier molecular flexibility index (Phi) is 5.22. The number of hydrogen-bond acceptors (Lipinski definition) is 5. The first kappa shape index (κ1) is 18.3. The molecule has 0 radical (unpaired) electrons.